The molecule has 2 N–H and O–H groups in total. The molecule has 3 aromatic rings. The van der Waals surface area contributed by atoms with Crippen LogP contribution < -0.4 is 0 Å². The third-order valence-corrected chi connectivity index (χ3v) is 6.82. The summed E-state index contributed by atoms with van der Waals surface area (Å²) in [6.45, 7) is -0.532. The van der Waals surface area contributed by atoms with Gasteiger partial charge in [-0.3, -0.25) is 0 Å². The number of aliphatic hydroxyl groups is 2. The van der Waals surface area contributed by atoms with Gasteiger partial charge in [-0.2, -0.15) is 5.26 Å². The lowest BCUT2D eigenvalue weighted by Gasteiger charge is -2.51. The first-order valence-corrected chi connectivity index (χ1v) is 11.3. The van der Waals surface area contributed by atoms with Crippen LogP contribution in [0.5, 0.6) is 0 Å². The second-order valence-electron chi connectivity index (χ2n) is 6.87. The molecule has 1 saturated heterocycles. The van der Waals surface area contributed by atoms with E-state index in [1.165, 1.54) is 41.6 Å². The van der Waals surface area contributed by atoms with Crippen LogP contribution in [0.4, 0.5) is 0 Å². The van der Waals surface area contributed by atoms with Gasteiger partial charge in [0.1, 0.15) is 52.4 Å². The van der Waals surface area contributed by atoms with E-state index in [0.717, 1.165) is 0 Å². The summed E-state index contributed by atoms with van der Waals surface area (Å²) in [6, 6.07) is 3.50. The molecule has 4 rings (SSSR count). The van der Waals surface area contributed by atoms with Crippen LogP contribution in [0, 0.1) is 11.3 Å². The molecule has 0 saturated carbocycles. The highest BCUT2D eigenvalue weighted by Crippen LogP contribution is 2.45. The Labute approximate surface area is 201 Å². The zero-order valence-corrected chi connectivity index (χ0v) is 19.6. The minimum Gasteiger partial charge on any atom is -0.394 e. The monoisotopic (exact) mass is 514 g/mol. The second-order valence-corrected chi connectivity index (χ2v) is 9.26. The number of rotatable bonds is 5. The van der Waals surface area contributed by atoms with Gasteiger partial charge < -0.3 is 19.7 Å². The number of nitriles is 1. The van der Waals surface area contributed by atoms with Crippen LogP contribution in [0.3, 0.4) is 0 Å². The average molecular weight is 515 g/mol. The van der Waals surface area contributed by atoms with E-state index in [9.17, 15) is 15.5 Å². The van der Waals surface area contributed by atoms with Gasteiger partial charge in [-0.25, -0.2) is 14.6 Å². The van der Waals surface area contributed by atoms with E-state index in [1.807, 2.05) is 6.07 Å². The molecule has 0 unspecified atom stereocenters. The van der Waals surface area contributed by atoms with Crippen LogP contribution in [-0.4, -0.2) is 72.6 Å². The predicted molar refractivity (Wildman–Crippen MR) is 119 cm³/mol. The van der Waals surface area contributed by atoms with Crippen LogP contribution >= 0.6 is 47.2 Å². The number of methoxy groups -OCH3 is 1. The number of hydrogen-bond donors (Lipinski definition) is 3. The van der Waals surface area contributed by atoms with E-state index >= 15 is 0 Å². The molecule has 4 heterocycles. The summed E-state index contributed by atoms with van der Waals surface area (Å²) in [5.41, 5.74) is -1.54. The smallest absolute Gasteiger partial charge is 0.184 e. The van der Waals surface area contributed by atoms with Gasteiger partial charge in [-0.05, 0) is 6.07 Å². The van der Waals surface area contributed by atoms with Crippen LogP contribution in [0.25, 0.3) is 11.4 Å². The Morgan fingerprint density at radius 2 is 2.22 bits per heavy atom. The molecule has 168 valence electrons. The first-order valence-electron chi connectivity index (χ1n) is 9.12. The maximum absolute atomic E-state index is 11.5. The van der Waals surface area contributed by atoms with Gasteiger partial charge in [0, 0.05) is 24.3 Å². The molecule has 1 aliphatic heterocycles. The van der Waals surface area contributed by atoms with Crippen molar-refractivity contribution in [2.24, 2.45) is 0 Å². The molecule has 5 atom stereocenters. The normalized spacial score (nSPS) is 27.9. The third kappa shape index (κ3) is 3.68. The summed E-state index contributed by atoms with van der Waals surface area (Å²) in [5.74, 6) is 0. The number of ether oxygens (including phenoxy) is 2. The summed E-state index contributed by atoms with van der Waals surface area (Å²) < 4.78 is 13.0. The fourth-order valence-electron chi connectivity index (χ4n) is 3.90. The maximum Gasteiger partial charge on any atom is 0.184 e. The van der Waals surface area contributed by atoms with Crippen molar-refractivity contribution < 1.29 is 19.7 Å². The molecule has 0 aliphatic carbocycles. The second kappa shape index (κ2) is 9.20. The van der Waals surface area contributed by atoms with Crippen molar-refractivity contribution in [1.82, 2.24) is 25.0 Å². The summed E-state index contributed by atoms with van der Waals surface area (Å²) in [4.78, 5) is 8.31. The number of nitrogens with zero attached hydrogens (tertiary/aromatic N) is 6. The predicted octanol–water partition coefficient (Wildman–Crippen LogP) is 1.74. The fraction of sp³-hybridized carbons (Fsp3) is 0.389. The van der Waals surface area contributed by atoms with Crippen molar-refractivity contribution in [2.75, 3.05) is 13.7 Å². The SMILES string of the molecule is CO[C@@H]1[C@H](S)O[C@@H](CO)[C@@H](O)[C@@]1(c1cc(Cl)cnc1C#N)n1cc(-c2csc(Cl)n2)nn1. The Balaban J connectivity index is 2.03. The van der Waals surface area contributed by atoms with Crippen molar-refractivity contribution in [3.05, 3.63) is 44.6 Å². The zero-order chi connectivity index (χ0) is 23.0. The number of aromatic nitrogens is 5. The summed E-state index contributed by atoms with van der Waals surface area (Å²) in [6.07, 6.45) is -0.693. The molecule has 3 aromatic heterocycles. The molecular weight excluding hydrogens is 499 g/mol. The van der Waals surface area contributed by atoms with Crippen molar-refractivity contribution in [2.45, 2.75) is 29.3 Å². The highest BCUT2D eigenvalue weighted by Gasteiger charge is 2.60. The van der Waals surface area contributed by atoms with Crippen LogP contribution in [0.1, 0.15) is 11.3 Å². The maximum atomic E-state index is 11.5. The standard InChI is InChI=1S/C18H16Cl2N6O4S2/c1-29-15-16(31)30-13(6-27)14(28)18(15,9-2-8(19)4-22-10(9)3-21)26-5-11(24-25-26)12-7-32-17(20)23-12/h2,4-5,7,13-16,27-28,31H,6H2,1H3/t13-,14+,15+,16-,18+/m0/s1. The first-order chi connectivity index (χ1) is 15.4. The Morgan fingerprint density at radius 3 is 2.84 bits per heavy atom. The summed E-state index contributed by atoms with van der Waals surface area (Å²) in [5, 5.41) is 41.5. The minimum absolute atomic E-state index is 0.0247. The van der Waals surface area contributed by atoms with E-state index in [2.05, 4.69) is 32.9 Å². The highest BCUT2D eigenvalue weighted by molar-refractivity contribution is 7.80. The molecule has 10 nitrogen and oxygen atoms in total. The summed E-state index contributed by atoms with van der Waals surface area (Å²) in [7, 11) is 1.40. The minimum atomic E-state index is -1.64. The Kier molecular flexibility index (Phi) is 6.71. The number of pyridine rings is 1. The van der Waals surface area contributed by atoms with Gasteiger partial charge in [0.05, 0.1) is 17.8 Å². The van der Waals surface area contributed by atoms with Gasteiger partial charge in [0.25, 0.3) is 0 Å². The van der Waals surface area contributed by atoms with Gasteiger partial charge in [-0.15, -0.1) is 29.1 Å². The molecule has 1 fully saturated rings. The number of hydrogen-bond acceptors (Lipinski definition) is 11. The molecule has 0 bridgehead atoms. The van der Waals surface area contributed by atoms with E-state index in [0.29, 0.717) is 15.9 Å². The Bertz CT molecular complexity index is 1170. The van der Waals surface area contributed by atoms with Crippen molar-refractivity contribution in [3.8, 4) is 17.5 Å². The number of thiazole rings is 1. The number of halogens is 2. The Hall–Kier alpha value is -1.82. The molecule has 0 aromatic carbocycles. The van der Waals surface area contributed by atoms with Crippen LogP contribution in [0.15, 0.2) is 23.8 Å². The molecular formula is C18H16Cl2N6O4S2. The lowest BCUT2D eigenvalue weighted by atomic mass is 9.75. The average Bonchev–Trinajstić information content (AvgIpc) is 3.44. The third-order valence-electron chi connectivity index (χ3n) is 5.25. The summed E-state index contributed by atoms with van der Waals surface area (Å²) >= 11 is 17.9. The molecule has 32 heavy (non-hydrogen) atoms. The van der Waals surface area contributed by atoms with E-state index in [-0.39, 0.29) is 16.3 Å². The highest BCUT2D eigenvalue weighted by atomic mass is 35.5. The lowest BCUT2D eigenvalue weighted by molar-refractivity contribution is -0.213. The van der Waals surface area contributed by atoms with Gasteiger partial charge in [-0.1, -0.05) is 28.4 Å². The van der Waals surface area contributed by atoms with Gasteiger partial charge in [0.15, 0.2) is 4.47 Å². The Morgan fingerprint density at radius 1 is 1.44 bits per heavy atom. The van der Waals surface area contributed by atoms with Crippen molar-refractivity contribution in [1.29, 1.82) is 5.26 Å². The topological polar surface area (TPSA) is 139 Å². The number of thiol groups is 1. The molecule has 0 spiro atoms. The van der Waals surface area contributed by atoms with Gasteiger partial charge in [0.2, 0.25) is 0 Å². The zero-order valence-electron chi connectivity index (χ0n) is 16.3. The first kappa shape index (κ1) is 23.3. The van der Waals surface area contributed by atoms with E-state index < -0.39 is 35.9 Å². The van der Waals surface area contributed by atoms with Crippen LogP contribution in [-0.2, 0) is 15.0 Å². The quantitative estimate of drug-likeness (QED) is 0.434. The van der Waals surface area contributed by atoms with E-state index in [4.69, 9.17) is 32.7 Å². The lowest BCUT2D eigenvalue weighted by Crippen LogP contribution is -2.68. The largest absolute Gasteiger partial charge is 0.394 e. The fourth-order valence-corrected chi connectivity index (χ4v) is 5.32. The van der Waals surface area contributed by atoms with Crippen LogP contribution in [0.2, 0.25) is 9.49 Å². The van der Waals surface area contributed by atoms with Crippen molar-refractivity contribution in [3.63, 3.8) is 0 Å². The number of aliphatic hydroxyl groups excluding tert-OH is 2. The van der Waals surface area contributed by atoms with Crippen molar-refractivity contribution >= 4 is 47.2 Å². The molecule has 1 aliphatic rings. The molecule has 0 amide bonds. The van der Waals surface area contributed by atoms with E-state index in [1.54, 1.807) is 5.38 Å². The molecule has 0 radical (unpaired) electrons. The molecule has 14 heteroatoms. The van der Waals surface area contributed by atoms with Gasteiger partial charge >= 0.3 is 0 Å².